The lowest BCUT2D eigenvalue weighted by atomic mass is 10.1. The van der Waals surface area contributed by atoms with Gasteiger partial charge >= 0.3 is 0 Å². The number of aromatic nitrogens is 1. The highest BCUT2D eigenvalue weighted by Crippen LogP contribution is 2.27. The number of hydrogen-bond acceptors (Lipinski definition) is 4. The van der Waals surface area contributed by atoms with Gasteiger partial charge in [-0.25, -0.2) is 4.39 Å². The van der Waals surface area contributed by atoms with E-state index in [1.54, 1.807) is 18.2 Å². The fourth-order valence-corrected chi connectivity index (χ4v) is 2.25. The lowest BCUT2D eigenvalue weighted by molar-refractivity contribution is 0.102. The number of anilines is 1. The summed E-state index contributed by atoms with van der Waals surface area (Å²) >= 11 is 0. The number of ether oxygens (including phenoxy) is 1. The third-order valence-corrected chi connectivity index (χ3v) is 3.36. The highest BCUT2D eigenvalue weighted by atomic mass is 19.1. The van der Waals surface area contributed by atoms with Crippen molar-refractivity contribution in [2.45, 2.75) is 6.92 Å². The quantitative estimate of drug-likeness (QED) is 0.765. The molecule has 1 aromatic heterocycles. The van der Waals surface area contributed by atoms with E-state index in [1.165, 1.54) is 30.5 Å². The molecule has 0 atom stereocenters. The zero-order chi connectivity index (χ0) is 16.9. The van der Waals surface area contributed by atoms with E-state index in [0.29, 0.717) is 23.6 Å². The molecule has 0 saturated carbocycles. The number of hydrogen-bond donors (Lipinski definition) is 1. The second-order valence-corrected chi connectivity index (χ2v) is 4.96. The minimum absolute atomic E-state index is 0.257. The van der Waals surface area contributed by atoms with Gasteiger partial charge in [0.2, 0.25) is 0 Å². The van der Waals surface area contributed by atoms with Gasteiger partial charge in [0.15, 0.2) is 5.76 Å². The first-order valence-electron chi connectivity index (χ1n) is 7.43. The van der Waals surface area contributed by atoms with Crippen molar-refractivity contribution in [1.29, 1.82) is 0 Å². The van der Waals surface area contributed by atoms with Gasteiger partial charge in [-0.1, -0.05) is 17.3 Å². The van der Waals surface area contributed by atoms with Crippen LogP contribution < -0.4 is 10.1 Å². The number of nitrogens with one attached hydrogen (secondary N) is 1. The molecule has 3 rings (SSSR count). The second-order valence-electron chi connectivity index (χ2n) is 4.96. The van der Waals surface area contributed by atoms with Gasteiger partial charge in [0, 0.05) is 5.56 Å². The third-order valence-electron chi connectivity index (χ3n) is 3.36. The summed E-state index contributed by atoms with van der Waals surface area (Å²) in [7, 11) is 0. The van der Waals surface area contributed by atoms with Crippen LogP contribution in [0.5, 0.6) is 5.75 Å². The second kappa shape index (κ2) is 6.95. The first-order valence-corrected chi connectivity index (χ1v) is 7.43. The average molecular weight is 326 g/mol. The molecule has 5 nitrogen and oxygen atoms in total. The van der Waals surface area contributed by atoms with Crippen molar-refractivity contribution in [1.82, 2.24) is 5.16 Å². The van der Waals surface area contributed by atoms with Crippen LogP contribution >= 0.6 is 0 Å². The molecule has 1 N–H and O–H groups in total. The van der Waals surface area contributed by atoms with E-state index in [9.17, 15) is 9.18 Å². The van der Waals surface area contributed by atoms with E-state index < -0.39 is 0 Å². The van der Waals surface area contributed by atoms with E-state index in [4.69, 9.17) is 9.26 Å². The van der Waals surface area contributed by atoms with Crippen molar-refractivity contribution in [3.05, 3.63) is 66.1 Å². The SMILES string of the molecule is CCOc1ccccc1NC(=O)c1cnoc1-c1ccc(F)cc1. The molecule has 1 heterocycles. The highest BCUT2D eigenvalue weighted by Gasteiger charge is 2.19. The third kappa shape index (κ3) is 3.27. The zero-order valence-corrected chi connectivity index (χ0v) is 13.0. The minimum atomic E-state index is -0.386. The van der Waals surface area contributed by atoms with Gasteiger partial charge < -0.3 is 14.6 Å². The summed E-state index contributed by atoms with van der Waals surface area (Å²) in [4.78, 5) is 12.6. The molecular weight excluding hydrogens is 311 g/mol. The van der Waals surface area contributed by atoms with E-state index in [0.717, 1.165) is 0 Å². The van der Waals surface area contributed by atoms with Crippen LogP contribution in [0.3, 0.4) is 0 Å². The van der Waals surface area contributed by atoms with Crippen LogP contribution in [0.4, 0.5) is 10.1 Å². The lowest BCUT2D eigenvalue weighted by Crippen LogP contribution is -2.13. The van der Waals surface area contributed by atoms with E-state index in [2.05, 4.69) is 10.5 Å². The van der Waals surface area contributed by atoms with Gasteiger partial charge in [0.25, 0.3) is 5.91 Å². The molecule has 0 fully saturated rings. The Morgan fingerprint density at radius 2 is 1.96 bits per heavy atom. The number of benzene rings is 2. The van der Waals surface area contributed by atoms with Gasteiger partial charge in [-0.05, 0) is 43.3 Å². The van der Waals surface area contributed by atoms with Gasteiger partial charge in [0.05, 0.1) is 18.5 Å². The van der Waals surface area contributed by atoms with Crippen molar-refractivity contribution in [2.24, 2.45) is 0 Å². The smallest absolute Gasteiger partial charge is 0.261 e. The maximum Gasteiger partial charge on any atom is 0.261 e. The summed E-state index contributed by atoms with van der Waals surface area (Å²) in [5, 5.41) is 6.46. The monoisotopic (exact) mass is 326 g/mol. The lowest BCUT2D eigenvalue weighted by Gasteiger charge is -2.10. The molecule has 6 heteroatoms. The van der Waals surface area contributed by atoms with Gasteiger partial charge in [-0.2, -0.15) is 0 Å². The van der Waals surface area contributed by atoms with Crippen LogP contribution in [0, 0.1) is 5.82 Å². The molecule has 0 aliphatic carbocycles. The van der Waals surface area contributed by atoms with Crippen molar-refractivity contribution in [2.75, 3.05) is 11.9 Å². The number of carbonyl (C=O) groups is 1. The summed E-state index contributed by atoms with van der Waals surface area (Å²) < 4.78 is 23.7. The average Bonchev–Trinajstić information content (AvgIpc) is 3.07. The molecule has 122 valence electrons. The maximum absolute atomic E-state index is 13.1. The predicted octanol–water partition coefficient (Wildman–Crippen LogP) is 4.13. The molecule has 3 aromatic rings. The molecule has 24 heavy (non-hydrogen) atoms. The fourth-order valence-electron chi connectivity index (χ4n) is 2.25. The van der Waals surface area contributed by atoms with Crippen molar-refractivity contribution in [3.63, 3.8) is 0 Å². The molecule has 2 aromatic carbocycles. The first kappa shape index (κ1) is 15.7. The van der Waals surface area contributed by atoms with E-state index in [-0.39, 0.29) is 23.0 Å². The Bertz CT molecular complexity index is 843. The van der Waals surface area contributed by atoms with Crippen molar-refractivity contribution in [3.8, 4) is 17.1 Å². The Hall–Kier alpha value is -3.15. The fraction of sp³-hybridized carbons (Fsp3) is 0.111. The summed E-state index contributed by atoms with van der Waals surface area (Å²) in [6, 6.07) is 12.8. The van der Waals surface area contributed by atoms with Crippen LogP contribution in [0.15, 0.2) is 59.3 Å². The minimum Gasteiger partial charge on any atom is -0.492 e. The Balaban J connectivity index is 1.87. The summed E-state index contributed by atoms with van der Waals surface area (Å²) in [6.07, 6.45) is 1.33. The number of rotatable bonds is 5. The normalized spacial score (nSPS) is 10.4. The molecular formula is C18H15FN2O3. The summed E-state index contributed by atoms with van der Waals surface area (Å²) in [5.74, 6) is 0.104. The van der Waals surface area contributed by atoms with Gasteiger partial charge in [0.1, 0.15) is 17.1 Å². The van der Waals surface area contributed by atoms with E-state index >= 15 is 0 Å². The molecule has 0 aliphatic heterocycles. The van der Waals surface area contributed by atoms with Gasteiger partial charge in [-0.3, -0.25) is 4.79 Å². The van der Waals surface area contributed by atoms with Crippen molar-refractivity contribution < 1.29 is 18.4 Å². The highest BCUT2D eigenvalue weighted by molar-refractivity contribution is 6.08. The standard InChI is InChI=1S/C18H15FN2O3/c1-2-23-16-6-4-3-5-15(16)21-18(22)14-11-20-24-17(14)12-7-9-13(19)10-8-12/h3-11H,2H2,1H3,(H,21,22). The molecule has 1 amide bonds. The number of carbonyl (C=O) groups excluding carboxylic acids is 1. The first-order chi connectivity index (χ1) is 11.7. The predicted molar refractivity (Wildman–Crippen MR) is 87.5 cm³/mol. The van der Waals surface area contributed by atoms with Crippen LogP contribution in [0.25, 0.3) is 11.3 Å². The summed E-state index contributed by atoms with van der Waals surface area (Å²) in [6.45, 7) is 2.35. The number of para-hydroxylation sites is 2. The molecule has 0 bridgehead atoms. The molecule has 0 radical (unpaired) electrons. The molecule has 0 spiro atoms. The molecule has 0 unspecified atom stereocenters. The van der Waals surface area contributed by atoms with Crippen LogP contribution in [0.2, 0.25) is 0 Å². The van der Waals surface area contributed by atoms with Crippen LogP contribution in [0.1, 0.15) is 17.3 Å². The van der Waals surface area contributed by atoms with E-state index in [1.807, 2.05) is 13.0 Å². The Morgan fingerprint density at radius 3 is 2.71 bits per heavy atom. The number of halogens is 1. The Kier molecular flexibility index (Phi) is 4.56. The number of nitrogens with zero attached hydrogens (tertiary/aromatic N) is 1. The van der Waals surface area contributed by atoms with Gasteiger partial charge in [-0.15, -0.1) is 0 Å². The molecule has 0 saturated heterocycles. The molecule has 0 aliphatic rings. The largest absolute Gasteiger partial charge is 0.492 e. The Morgan fingerprint density at radius 1 is 1.21 bits per heavy atom. The van der Waals surface area contributed by atoms with Crippen molar-refractivity contribution >= 4 is 11.6 Å². The Labute approximate surface area is 138 Å². The van der Waals surface area contributed by atoms with Crippen LogP contribution in [-0.4, -0.2) is 17.7 Å². The zero-order valence-electron chi connectivity index (χ0n) is 13.0. The maximum atomic E-state index is 13.1. The topological polar surface area (TPSA) is 64.4 Å². The van der Waals surface area contributed by atoms with Crippen LogP contribution in [-0.2, 0) is 0 Å². The summed E-state index contributed by atoms with van der Waals surface area (Å²) in [5.41, 5.74) is 1.38. The number of amides is 1.